The maximum Gasteiger partial charge on any atom is 0.264 e. The van der Waals surface area contributed by atoms with Crippen LogP contribution in [0.4, 0.5) is 5.69 Å². The molecule has 1 saturated carbocycles. The first-order valence-corrected chi connectivity index (χ1v) is 20.1. The number of fused-ring (bicyclic) bond motifs is 3. The molecule has 3 aliphatic heterocycles. The Bertz CT molecular complexity index is 1600. The Hall–Kier alpha value is -2.67. The summed E-state index contributed by atoms with van der Waals surface area (Å²) in [5, 5.41) is -0.205. The lowest BCUT2D eigenvalue weighted by Gasteiger charge is -2.44. The summed E-state index contributed by atoms with van der Waals surface area (Å²) in [6.45, 7) is 8.47. The first-order chi connectivity index (χ1) is 24.3. The Kier molecular flexibility index (Phi) is 12.8. The van der Waals surface area contributed by atoms with Gasteiger partial charge in [0.15, 0.2) is 0 Å². The summed E-state index contributed by atoms with van der Waals surface area (Å²) < 4.78 is 54.2. The number of halogens is 1. The average Bonchev–Trinajstić information content (AvgIpc) is 3.12. The Morgan fingerprint density at radius 2 is 1.88 bits per heavy atom. The first kappa shape index (κ1) is 37.1. The number of sulfonamides is 1. The standard InChI is InChI=1S/C38H52ClN3O7S/c1-3-37-36(46-2)9-6-8-34(48-22-19-41-17-20-47-21-18-41)32-14-11-29(32)25-42-16-5-4-7-27-23-31(39)13-10-30(27)26-49-35-15-12-28(24-33(35)42)38(43)40-50(37,44)45/h6,8,10,12-13,15,23-24,29,32,34,36-37H,3-5,7,9,11,14,16-22,25-26H2,1-2H3,(H,40,43)/b8-6+. The van der Waals surface area contributed by atoms with Gasteiger partial charge in [-0.05, 0) is 98.2 Å². The third kappa shape index (κ3) is 9.03. The number of hydrogen-bond acceptors (Lipinski definition) is 9. The third-order valence-electron chi connectivity index (χ3n) is 10.9. The number of nitrogens with zero attached hydrogens (tertiary/aromatic N) is 2. The van der Waals surface area contributed by atoms with Crippen molar-refractivity contribution in [1.29, 1.82) is 0 Å². The van der Waals surface area contributed by atoms with Crippen LogP contribution >= 0.6 is 11.6 Å². The van der Waals surface area contributed by atoms with Crippen molar-refractivity contribution < 1.29 is 32.2 Å². The fourth-order valence-corrected chi connectivity index (χ4v) is 9.56. The van der Waals surface area contributed by atoms with Crippen molar-refractivity contribution in [1.82, 2.24) is 9.62 Å². The number of hydrogen-bond donors (Lipinski definition) is 1. The Balaban J connectivity index is 1.34. The van der Waals surface area contributed by atoms with Crippen LogP contribution in [0.2, 0.25) is 5.02 Å². The van der Waals surface area contributed by atoms with Crippen LogP contribution in [0, 0.1) is 11.8 Å². The minimum absolute atomic E-state index is 0.109. The van der Waals surface area contributed by atoms with Crippen LogP contribution < -0.4 is 14.4 Å². The van der Waals surface area contributed by atoms with E-state index in [4.69, 9.17) is 30.5 Å². The van der Waals surface area contributed by atoms with Gasteiger partial charge in [0.05, 0.1) is 37.7 Å². The van der Waals surface area contributed by atoms with Gasteiger partial charge in [0.2, 0.25) is 10.0 Å². The predicted molar refractivity (Wildman–Crippen MR) is 196 cm³/mol. The molecule has 0 radical (unpaired) electrons. The quantitative estimate of drug-likeness (QED) is 0.380. The van der Waals surface area contributed by atoms with E-state index in [2.05, 4.69) is 20.6 Å². The molecule has 0 aromatic heterocycles. The molecule has 12 heteroatoms. The van der Waals surface area contributed by atoms with Gasteiger partial charge in [0, 0.05) is 50.4 Å². The van der Waals surface area contributed by atoms with Gasteiger partial charge in [0.1, 0.15) is 17.6 Å². The SMILES string of the molecule is CCC1C(OC)C/C=C/C(OCCN2CCOCC2)C2CCC2CN2CCCCc3cc(Cl)ccc3COc3ccc(cc32)C(=O)NS1(=O)=O. The second kappa shape index (κ2) is 17.2. The van der Waals surface area contributed by atoms with Crippen LogP contribution in [0.5, 0.6) is 5.75 Å². The highest BCUT2D eigenvalue weighted by molar-refractivity contribution is 7.90. The fourth-order valence-electron chi connectivity index (χ4n) is 7.77. The molecular weight excluding hydrogens is 678 g/mol. The topological polar surface area (TPSA) is 107 Å². The van der Waals surface area contributed by atoms with Crippen LogP contribution in [-0.2, 0) is 37.3 Å². The van der Waals surface area contributed by atoms with Gasteiger partial charge in [-0.15, -0.1) is 0 Å². The van der Waals surface area contributed by atoms with E-state index < -0.39 is 27.3 Å². The first-order valence-electron chi connectivity index (χ1n) is 18.2. The Morgan fingerprint density at radius 1 is 1.04 bits per heavy atom. The van der Waals surface area contributed by atoms with Gasteiger partial charge >= 0.3 is 0 Å². The molecule has 1 aliphatic carbocycles. The predicted octanol–water partition coefficient (Wildman–Crippen LogP) is 5.62. The van der Waals surface area contributed by atoms with Crippen molar-refractivity contribution in [2.45, 2.75) is 75.9 Å². The third-order valence-corrected chi connectivity index (χ3v) is 13.0. The molecule has 50 heavy (non-hydrogen) atoms. The van der Waals surface area contributed by atoms with Crippen molar-refractivity contribution in [3.05, 3.63) is 70.3 Å². The molecule has 5 atom stereocenters. The number of carbonyl (C=O) groups excluding carboxylic acids is 1. The van der Waals surface area contributed by atoms with Crippen LogP contribution in [0.1, 0.15) is 66.9 Å². The highest BCUT2D eigenvalue weighted by atomic mass is 35.5. The van der Waals surface area contributed by atoms with E-state index in [-0.39, 0.29) is 18.1 Å². The molecule has 2 aromatic carbocycles. The van der Waals surface area contributed by atoms with Gasteiger partial charge in [0.25, 0.3) is 5.91 Å². The number of ether oxygens (including phenoxy) is 4. The molecule has 3 heterocycles. The van der Waals surface area contributed by atoms with Crippen molar-refractivity contribution in [3.8, 4) is 5.75 Å². The molecule has 2 aromatic rings. The zero-order valence-corrected chi connectivity index (χ0v) is 30.9. The van der Waals surface area contributed by atoms with Crippen molar-refractivity contribution >= 4 is 33.2 Å². The second-order valence-electron chi connectivity index (χ2n) is 13.9. The number of anilines is 1. The Labute approximate surface area is 302 Å². The summed E-state index contributed by atoms with van der Waals surface area (Å²) in [6.07, 6.45) is 9.00. The van der Waals surface area contributed by atoms with E-state index in [1.807, 2.05) is 24.3 Å². The summed E-state index contributed by atoms with van der Waals surface area (Å²) in [4.78, 5) is 18.4. The van der Waals surface area contributed by atoms with Crippen molar-refractivity contribution in [2.75, 3.05) is 64.6 Å². The zero-order chi connectivity index (χ0) is 35.1. The highest BCUT2D eigenvalue weighted by Crippen LogP contribution is 2.42. The number of nitrogens with one attached hydrogen (secondary N) is 1. The van der Waals surface area contributed by atoms with Gasteiger partial charge in [-0.25, -0.2) is 13.1 Å². The number of rotatable bonds is 6. The van der Waals surface area contributed by atoms with Crippen LogP contribution in [-0.4, -0.2) is 96.3 Å². The smallest absolute Gasteiger partial charge is 0.264 e. The molecule has 4 aliphatic rings. The van der Waals surface area contributed by atoms with Crippen LogP contribution in [0.15, 0.2) is 48.6 Å². The molecule has 10 nitrogen and oxygen atoms in total. The maximum atomic E-state index is 13.7. The summed E-state index contributed by atoms with van der Waals surface area (Å²) >= 11 is 6.38. The number of amides is 1. The van der Waals surface area contributed by atoms with E-state index in [9.17, 15) is 13.2 Å². The highest BCUT2D eigenvalue weighted by Gasteiger charge is 2.39. The molecule has 0 spiro atoms. The molecule has 1 N–H and O–H groups in total. The van der Waals surface area contributed by atoms with Crippen LogP contribution in [0.25, 0.3) is 0 Å². The second-order valence-corrected chi connectivity index (χ2v) is 16.3. The van der Waals surface area contributed by atoms with Gasteiger partial charge in [-0.1, -0.05) is 36.7 Å². The molecule has 2 fully saturated rings. The van der Waals surface area contributed by atoms with Gasteiger partial charge < -0.3 is 23.8 Å². The average molecular weight is 730 g/mol. The molecule has 2 bridgehead atoms. The normalized spacial score (nSPS) is 28.5. The maximum absolute atomic E-state index is 13.7. The summed E-state index contributed by atoms with van der Waals surface area (Å²) in [7, 11) is -2.54. The van der Waals surface area contributed by atoms with E-state index in [1.54, 1.807) is 25.1 Å². The summed E-state index contributed by atoms with van der Waals surface area (Å²) in [5.41, 5.74) is 3.33. The van der Waals surface area contributed by atoms with Crippen molar-refractivity contribution in [2.24, 2.45) is 11.8 Å². The number of carbonyl (C=O) groups is 1. The molecule has 6 rings (SSSR count). The zero-order valence-electron chi connectivity index (χ0n) is 29.4. The number of methoxy groups -OCH3 is 1. The fraction of sp³-hybridized carbons (Fsp3) is 0.605. The number of benzene rings is 2. The van der Waals surface area contributed by atoms with Gasteiger partial charge in [-0.3, -0.25) is 9.69 Å². The summed E-state index contributed by atoms with van der Waals surface area (Å²) in [6, 6.07) is 11.2. The van der Waals surface area contributed by atoms with E-state index >= 15 is 0 Å². The lowest BCUT2D eigenvalue weighted by molar-refractivity contribution is -0.0314. The lowest BCUT2D eigenvalue weighted by Crippen LogP contribution is -2.46. The lowest BCUT2D eigenvalue weighted by atomic mass is 9.70. The van der Waals surface area contributed by atoms with E-state index in [0.717, 1.165) is 89.3 Å². The van der Waals surface area contributed by atoms with Crippen molar-refractivity contribution in [3.63, 3.8) is 0 Å². The number of morpholine rings is 1. The molecular formula is C38H52ClN3O7S. The molecule has 1 saturated heterocycles. The molecule has 1 amide bonds. The van der Waals surface area contributed by atoms with Gasteiger partial charge in [-0.2, -0.15) is 0 Å². The van der Waals surface area contributed by atoms with Crippen LogP contribution in [0.3, 0.4) is 0 Å². The Morgan fingerprint density at radius 3 is 2.64 bits per heavy atom. The monoisotopic (exact) mass is 729 g/mol. The largest absolute Gasteiger partial charge is 0.487 e. The molecule has 274 valence electrons. The molecule has 5 unspecified atom stereocenters. The summed E-state index contributed by atoms with van der Waals surface area (Å²) in [5.74, 6) is 0.673. The minimum Gasteiger partial charge on any atom is -0.487 e. The van der Waals surface area contributed by atoms with E-state index in [1.165, 1.54) is 12.7 Å². The number of aryl methyl sites for hydroxylation is 1. The minimum atomic E-state index is -4.07. The van der Waals surface area contributed by atoms with E-state index in [0.29, 0.717) is 42.2 Å².